The summed E-state index contributed by atoms with van der Waals surface area (Å²) in [6.07, 6.45) is -0.484. The van der Waals surface area contributed by atoms with Crippen LogP contribution in [-0.4, -0.2) is 81.8 Å². The summed E-state index contributed by atoms with van der Waals surface area (Å²) in [6.45, 7) is 5.31. The fourth-order valence-corrected chi connectivity index (χ4v) is 3.02. The number of aliphatic hydroxyl groups is 1. The zero-order valence-corrected chi connectivity index (χ0v) is 20.0. The molecule has 0 radical (unpaired) electrons. The highest BCUT2D eigenvalue weighted by Gasteiger charge is 2.31. The standard InChI is InChI=1S/C21H39N5O8/c1-11(2)10-15(19(31)25-14(21(33)34)7-8-16(28)29)26-18(30)13(6-4-5-9-22)24-20(32)17(23)12(3)27/h11-15,17,27H,4-10,22-23H2,1-3H3,(H,24,32)(H,25,31)(H,26,30)(H,28,29)(H,33,34). The molecule has 10 N–H and O–H groups in total. The van der Waals surface area contributed by atoms with E-state index in [1.165, 1.54) is 6.92 Å². The lowest BCUT2D eigenvalue weighted by atomic mass is 10.0. The quantitative estimate of drug-likeness (QED) is 0.107. The van der Waals surface area contributed by atoms with E-state index >= 15 is 0 Å². The normalized spacial score (nSPS) is 15.5. The Bertz CT molecular complexity index is 701. The van der Waals surface area contributed by atoms with Gasteiger partial charge >= 0.3 is 11.9 Å². The summed E-state index contributed by atoms with van der Waals surface area (Å²) in [5.74, 6) is -4.88. The molecule has 0 saturated heterocycles. The largest absolute Gasteiger partial charge is 0.481 e. The van der Waals surface area contributed by atoms with Gasteiger partial charge in [0.2, 0.25) is 17.7 Å². The summed E-state index contributed by atoms with van der Waals surface area (Å²) in [6, 6.07) is -4.89. The van der Waals surface area contributed by atoms with Crippen molar-refractivity contribution in [3.63, 3.8) is 0 Å². The van der Waals surface area contributed by atoms with Gasteiger partial charge in [0.05, 0.1) is 6.10 Å². The minimum atomic E-state index is -1.45. The van der Waals surface area contributed by atoms with Gasteiger partial charge in [-0.2, -0.15) is 0 Å². The SMILES string of the molecule is CC(C)CC(NC(=O)C(CCCCN)NC(=O)C(N)C(C)O)C(=O)NC(CCC(=O)O)C(=O)O. The van der Waals surface area contributed by atoms with Crippen LogP contribution < -0.4 is 27.4 Å². The molecule has 0 spiro atoms. The van der Waals surface area contributed by atoms with E-state index in [0.29, 0.717) is 19.4 Å². The molecule has 5 unspecified atom stereocenters. The Labute approximate surface area is 199 Å². The van der Waals surface area contributed by atoms with Crippen molar-refractivity contribution in [1.29, 1.82) is 0 Å². The number of hydrogen-bond acceptors (Lipinski definition) is 8. The van der Waals surface area contributed by atoms with Crippen LogP contribution in [0.5, 0.6) is 0 Å². The molecular formula is C21H39N5O8. The van der Waals surface area contributed by atoms with E-state index in [0.717, 1.165) is 0 Å². The van der Waals surface area contributed by atoms with E-state index in [4.69, 9.17) is 16.6 Å². The first-order chi connectivity index (χ1) is 15.8. The molecule has 196 valence electrons. The van der Waals surface area contributed by atoms with Gasteiger partial charge in [0.15, 0.2) is 0 Å². The summed E-state index contributed by atoms with van der Waals surface area (Å²) >= 11 is 0. The summed E-state index contributed by atoms with van der Waals surface area (Å²) in [5, 5.41) is 34.9. The lowest BCUT2D eigenvalue weighted by Crippen LogP contribution is -2.58. The minimum Gasteiger partial charge on any atom is -0.481 e. The number of rotatable bonds is 17. The van der Waals surface area contributed by atoms with Gasteiger partial charge in [-0.1, -0.05) is 13.8 Å². The van der Waals surface area contributed by atoms with Crippen LogP contribution in [0.1, 0.15) is 59.3 Å². The summed E-state index contributed by atoms with van der Waals surface area (Å²) < 4.78 is 0. The molecule has 0 rings (SSSR count). The average Bonchev–Trinajstić information content (AvgIpc) is 2.73. The molecule has 0 aliphatic rings. The fraction of sp³-hybridized carbons (Fsp3) is 0.762. The monoisotopic (exact) mass is 489 g/mol. The Morgan fingerprint density at radius 3 is 1.79 bits per heavy atom. The van der Waals surface area contributed by atoms with Gasteiger partial charge in [-0.3, -0.25) is 19.2 Å². The molecule has 0 aromatic carbocycles. The first-order valence-electron chi connectivity index (χ1n) is 11.3. The van der Waals surface area contributed by atoms with Crippen molar-refractivity contribution in [3.8, 4) is 0 Å². The molecule has 0 aliphatic heterocycles. The lowest BCUT2D eigenvalue weighted by molar-refractivity contribution is -0.143. The van der Waals surface area contributed by atoms with Gasteiger partial charge in [-0.05, 0) is 51.5 Å². The maximum absolute atomic E-state index is 13.0. The Kier molecular flexibility index (Phi) is 14.7. The van der Waals surface area contributed by atoms with Crippen LogP contribution in [0, 0.1) is 5.92 Å². The van der Waals surface area contributed by atoms with Crippen molar-refractivity contribution in [2.75, 3.05) is 6.54 Å². The summed E-state index contributed by atoms with van der Waals surface area (Å²) in [4.78, 5) is 60.2. The van der Waals surface area contributed by atoms with Crippen molar-refractivity contribution in [2.24, 2.45) is 17.4 Å². The molecule has 0 aromatic rings. The van der Waals surface area contributed by atoms with Crippen LogP contribution in [0.4, 0.5) is 0 Å². The number of unbranched alkanes of at least 4 members (excludes halogenated alkanes) is 1. The van der Waals surface area contributed by atoms with Gasteiger partial charge in [0.25, 0.3) is 0 Å². The summed E-state index contributed by atoms with van der Waals surface area (Å²) in [5.41, 5.74) is 11.1. The number of carboxylic acids is 2. The number of nitrogens with two attached hydrogens (primary N) is 2. The van der Waals surface area contributed by atoms with Gasteiger partial charge in [-0.25, -0.2) is 4.79 Å². The Hall–Kier alpha value is -2.77. The molecule has 0 heterocycles. The number of aliphatic hydroxyl groups excluding tert-OH is 1. The zero-order chi connectivity index (χ0) is 26.4. The third-order valence-electron chi connectivity index (χ3n) is 5.00. The van der Waals surface area contributed by atoms with E-state index in [9.17, 15) is 34.2 Å². The highest BCUT2D eigenvalue weighted by molar-refractivity contribution is 5.94. The third-order valence-corrected chi connectivity index (χ3v) is 5.00. The Morgan fingerprint density at radius 2 is 1.32 bits per heavy atom. The molecule has 0 fully saturated rings. The van der Waals surface area contributed by atoms with Crippen LogP contribution in [0.3, 0.4) is 0 Å². The first-order valence-corrected chi connectivity index (χ1v) is 11.3. The third kappa shape index (κ3) is 12.5. The molecule has 13 nitrogen and oxygen atoms in total. The van der Waals surface area contributed by atoms with E-state index in [-0.39, 0.29) is 25.2 Å². The minimum absolute atomic E-state index is 0.0627. The maximum Gasteiger partial charge on any atom is 0.326 e. The van der Waals surface area contributed by atoms with E-state index in [2.05, 4.69) is 16.0 Å². The van der Waals surface area contributed by atoms with Gasteiger partial charge in [-0.15, -0.1) is 0 Å². The van der Waals surface area contributed by atoms with E-state index in [1.807, 2.05) is 0 Å². The number of hydrogen-bond donors (Lipinski definition) is 8. The second-order valence-electron chi connectivity index (χ2n) is 8.63. The Balaban J connectivity index is 5.51. The molecule has 13 heteroatoms. The van der Waals surface area contributed by atoms with E-state index in [1.54, 1.807) is 13.8 Å². The lowest BCUT2D eigenvalue weighted by Gasteiger charge is -2.26. The molecule has 3 amide bonds. The number of aliphatic carboxylic acids is 2. The Morgan fingerprint density at radius 1 is 0.794 bits per heavy atom. The van der Waals surface area contributed by atoms with Crippen molar-refractivity contribution < 1.29 is 39.3 Å². The number of carbonyl (C=O) groups excluding carboxylic acids is 3. The summed E-state index contributed by atoms with van der Waals surface area (Å²) in [7, 11) is 0. The maximum atomic E-state index is 13.0. The second-order valence-corrected chi connectivity index (χ2v) is 8.63. The number of nitrogens with one attached hydrogen (secondary N) is 3. The number of carbonyl (C=O) groups is 5. The highest BCUT2D eigenvalue weighted by Crippen LogP contribution is 2.09. The number of amides is 3. The van der Waals surface area contributed by atoms with Crippen LogP contribution in [0.15, 0.2) is 0 Å². The molecular weight excluding hydrogens is 450 g/mol. The van der Waals surface area contributed by atoms with Gasteiger partial charge in [0.1, 0.15) is 24.2 Å². The van der Waals surface area contributed by atoms with Crippen LogP contribution in [-0.2, 0) is 24.0 Å². The molecule has 0 saturated carbocycles. The van der Waals surface area contributed by atoms with Crippen LogP contribution >= 0.6 is 0 Å². The van der Waals surface area contributed by atoms with Crippen molar-refractivity contribution >= 4 is 29.7 Å². The zero-order valence-electron chi connectivity index (χ0n) is 20.0. The smallest absolute Gasteiger partial charge is 0.326 e. The van der Waals surface area contributed by atoms with Crippen LogP contribution in [0.25, 0.3) is 0 Å². The molecule has 0 aromatic heterocycles. The molecule has 5 atom stereocenters. The predicted molar refractivity (Wildman–Crippen MR) is 122 cm³/mol. The predicted octanol–water partition coefficient (Wildman–Crippen LogP) is -1.73. The molecule has 34 heavy (non-hydrogen) atoms. The fourth-order valence-electron chi connectivity index (χ4n) is 3.02. The van der Waals surface area contributed by atoms with E-state index < -0.39 is 66.4 Å². The van der Waals surface area contributed by atoms with Crippen molar-refractivity contribution in [2.45, 2.75) is 89.6 Å². The topological polar surface area (TPSA) is 234 Å². The van der Waals surface area contributed by atoms with Crippen molar-refractivity contribution in [1.82, 2.24) is 16.0 Å². The molecule has 0 aliphatic carbocycles. The molecule has 0 bridgehead atoms. The van der Waals surface area contributed by atoms with Gasteiger partial charge in [0, 0.05) is 6.42 Å². The number of carboxylic acid groups (broad SMARTS) is 2. The van der Waals surface area contributed by atoms with Crippen LogP contribution in [0.2, 0.25) is 0 Å². The second kappa shape index (κ2) is 16.0. The first kappa shape index (κ1) is 31.2. The van der Waals surface area contributed by atoms with Crippen molar-refractivity contribution in [3.05, 3.63) is 0 Å². The highest BCUT2D eigenvalue weighted by atomic mass is 16.4. The van der Waals surface area contributed by atoms with Gasteiger partial charge < -0.3 is 42.7 Å². The average molecular weight is 490 g/mol.